The molecule has 0 aliphatic carbocycles. The third kappa shape index (κ3) is 5.40. The number of hydrogen-bond acceptors (Lipinski definition) is 4. The third-order valence-electron chi connectivity index (χ3n) is 2.61. The molecule has 1 saturated heterocycles. The zero-order valence-electron chi connectivity index (χ0n) is 9.07. The zero-order valence-corrected chi connectivity index (χ0v) is 9.07. The first-order valence-electron chi connectivity index (χ1n) is 5.68. The van der Waals surface area contributed by atoms with Gasteiger partial charge in [0.05, 0.1) is 12.3 Å². The fraction of sp³-hybridized carbons (Fsp3) is 0.818. The van der Waals surface area contributed by atoms with Crippen molar-refractivity contribution in [2.24, 2.45) is 5.16 Å². The van der Waals surface area contributed by atoms with Crippen molar-refractivity contribution in [3.63, 3.8) is 0 Å². The van der Waals surface area contributed by atoms with Crippen molar-refractivity contribution in [2.75, 3.05) is 6.61 Å². The van der Waals surface area contributed by atoms with Gasteiger partial charge in [0.1, 0.15) is 0 Å². The molecular weight excluding hydrogens is 194 g/mol. The van der Waals surface area contributed by atoms with Crippen molar-refractivity contribution in [2.45, 2.75) is 51.4 Å². The van der Waals surface area contributed by atoms with Gasteiger partial charge < -0.3 is 9.94 Å². The lowest BCUT2D eigenvalue weighted by atomic mass is 10.1. The van der Waals surface area contributed by atoms with E-state index < -0.39 is 0 Å². The summed E-state index contributed by atoms with van der Waals surface area (Å²) < 4.78 is 5.03. The number of ether oxygens (including phenoxy) is 1. The van der Waals surface area contributed by atoms with E-state index in [1.54, 1.807) is 0 Å². The van der Waals surface area contributed by atoms with Gasteiger partial charge in [-0.2, -0.15) is 0 Å². The second-order valence-corrected chi connectivity index (χ2v) is 3.90. The van der Waals surface area contributed by atoms with Crippen LogP contribution in [0.1, 0.15) is 51.4 Å². The molecule has 1 rings (SSSR count). The van der Waals surface area contributed by atoms with Crippen LogP contribution in [-0.4, -0.2) is 23.5 Å². The summed E-state index contributed by atoms with van der Waals surface area (Å²) in [7, 11) is 0. The molecule has 0 spiro atoms. The lowest BCUT2D eigenvalue weighted by molar-refractivity contribution is -0.143. The van der Waals surface area contributed by atoms with Gasteiger partial charge in [0.2, 0.25) is 0 Å². The van der Waals surface area contributed by atoms with Crippen molar-refractivity contribution < 1.29 is 14.7 Å². The number of esters is 1. The van der Waals surface area contributed by atoms with E-state index in [2.05, 4.69) is 5.16 Å². The number of cyclic esters (lactones) is 1. The SMILES string of the molecule is O=C1CCCCCCC(=NO)CCCO1. The van der Waals surface area contributed by atoms with Crippen molar-refractivity contribution in [1.82, 2.24) is 0 Å². The summed E-state index contributed by atoms with van der Waals surface area (Å²) >= 11 is 0. The molecule has 15 heavy (non-hydrogen) atoms. The van der Waals surface area contributed by atoms with E-state index >= 15 is 0 Å². The molecule has 0 saturated carbocycles. The lowest BCUT2D eigenvalue weighted by Gasteiger charge is -2.08. The van der Waals surface area contributed by atoms with Crippen molar-refractivity contribution in [3.8, 4) is 0 Å². The standard InChI is InChI=1S/C11H19NO3/c13-11-8-4-2-1-3-6-10(12-14)7-5-9-15-11/h14H,1-9H2. The van der Waals surface area contributed by atoms with Gasteiger partial charge >= 0.3 is 5.97 Å². The first-order valence-corrected chi connectivity index (χ1v) is 5.68. The van der Waals surface area contributed by atoms with Gasteiger partial charge in [-0.1, -0.05) is 18.0 Å². The first kappa shape index (κ1) is 12.0. The summed E-state index contributed by atoms with van der Waals surface area (Å²) in [5.74, 6) is -0.0990. The number of oxime groups is 1. The Labute approximate surface area is 90.3 Å². The smallest absolute Gasteiger partial charge is 0.305 e. The van der Waals surface area contributed by atoms with E-state index in [-0.39, 0.29) is 5.97 Å². The average molecular weight is 213 g/mol. The first-order chi connectivity index (χ1) is 7.33. The van der Waals surface area contributed by atoms with Crippen LogP contribution in [0.2, 0.25) is 0 Å². The minimum atomic E-state index is -0.0990. The maximum atomic E-state index is 11.1. The van der Waals surface area contributed by atoms with Gasteiger partial charge in [-0.25, -0.2) is 0 Å². The molecule has 0 aromatic heterocycles. The van der Waals surface area contributed by atoms with Crippen LogP contribution in [0, 0.1) is 0 Å². The molecule has 1 heterocycles. The molecule has 0 bridgehead atoms. The topological polar surface area (TPSA) is 58.9 Å². The highest BCUT2D eigenvalue weighted by Crippen LogP contribution is 2.10. The van der Waals surface area contributed by atoms with Crippen LogP contribution in [0.3, 0.4) is 0 Å². The number of rotatable bonds is 0. The summed E-state index contributed by atoms with van der Waals surface area (Å²) in [4.78, 5) is 11.1. The van der Waals surface area contributed by atoms with Crippen LogP contribution in [0.25, 0.3) is 0 Å². The molecule has 1 fully saturated rings. The summed E-state index contributed by atoms with van der Waals surface area (Å²) in [5, 5.41) is 12.0. The van der Waals surface area contributed by atoms with Crippen LogP contribution in [0.4, 0.5) is 0 Å². The molecule has 1 aliphatic heterocycles. The fourth-order valence-corrected chi connectivity index (χ4v) is 1.71. The average Bonchev–Trinajstić information content (AvgIpc) is 2.23. The normalized spacial score (nSPS) is 24.0. The Morgan fingerprint density at radius 2 is 1.67 bits per heavy atom. The second-order valence-electron chi connectivity index (χ2n) is 3.90. The van der Waals surface area contributed by atoms with Crippen LogP contribution < -0.4 is 0 Å². The maximum absolute atomic E-state index is 11.1. The van der Waals surface area contributed by atoms with Gasteiger partial charge in [-0.15, -0.1) is 0 Å². The number of hydrogen-bond donors (Lipinski definition) is 1. The van der Waals surface area contributed by atoms with Gasteiger partial charge in [0, 0.05) is 6.42 Å². The van der Waals surface area contributed by atoms with Crippen LogP contribution >= 0.6 is 0 Å². The Balaban J connectivity index is 2.34. The van der Waals surface area contributed by atoms with E-state index in [0.29, 0.717) is 13.0 Å². The third-order valence-corrected chi connectivity index (χ3v) is 2.61. The van der Waals surface area contributed by atoms with E-state index in [9.17, 15) is 4.79 Å². The molecule has 0 aromatic carbocycles. The van der Waals surface area contributed by atoms with Crippen LogP contribution in [-0.2, 0) is 9.53 Å². The molecule has 0 unspecified atom stereocenters. The lowest BCUT2D eigenvalue weighted by Crippen LogP contribution is -2.08. The zero-order chi connectivity index (χ0) is 10.9. The number of nitrogens with zero attached hydrogens (tertiary/aromatic N) is 1. The number of carbonyl (C=O) groups excluding carboxylic acids is 1. The fourth-order valence-electron chi connectivity index (χ4n) is 1.71. The van der Waals surface area contributed by atoms with Crippen LogP contribution in [0.5, 0.6) is 0 Å². The van der Waals surface area contributed by atoms with Crippen molar-refractivity contribution in [1.29, 1.82) is 0 Å². The minimum Gasteiger partial charge on any atom is -0.466 e. The highest BCUT2D eigenvalue weighted by Gasteiger charge is 2.06. The van der Waals surface area contributed by atoms with E-state index in [4.69, 9.17) is 9.94 Å². The molecule has 0 aromatic rings. The van der Waals surface area contributed by atoms with Gasteiger partial charge in [0.25, 0.3) is 0 Å². The highest BCUT2D eigenvalue weighted by molar-refractivity contribution is 5.83. The van der Waals surface area contributed by atoms with Gasteiger partial charge in [-0.05, 0) is 32.1 Å². The molecule has 0 radical (unpaired) electrons. The number of carbonyl (C=O) groups is 1. The Morgan fingerprint density at radius 3 is 2.40 bits per heavy atom. The second kappa shape index (κ2) is 7.26. The molecule has 0 amide bonds. The largest absolute Gasteiger partial charge is 0.466 e. The van der Waals surface area contributed by atoms with Gasteiger partial charge in [0.15, 0.2) is 0 Å². The minimum absolute atomic E-state index is 0.0990. The molecule has 86 valence electrons. The summed E-state index contributed by atoms with van der Waals surface area (Å²) in [6.07, 6.45) is 6.99. The molecule has 0 atom stereocenters. The quantitative estimate of drug-likeness (QED) is 0.382. The Hall–Kier alpha value is -1.06. The maximum Gasteiger partial charge on any atom is 0.305 e. The molecule has 1 N–H and O–H groups in total. The predicted octanol–water partition coefficient (Wildman–Crippen LogP) is 2.49. The monoisotopic (exact) mass is 213 g/mol. The predicted molar refractivity (Wildman–Crippen MR) is 57.1 cm³/mol. The molecular formula is C11H19NO3. The van der Waals surface area contributed by atoms with E-state index in [0.717, 1.165) is 50.7 Å². The Bertz CT molecular complexity index is 226. The van der Waals surface area contributed by atoms with E-state index in [1.807, 2.05) is 0 Å². The van der Waals surface area contributed by atoms with Crippen LogP contribution in [0.15, 0.2) is 5.16 Å². The van der Waals surface area contributed by atoms with Crippen molar-refractivity contribution >= 4 is 11.7 Å². The molecule has 1 aliphatic rings. The van der Waals surface area contributed by atoms with Gasteiger partial charge in [-0.3, -0.25) is 4.79 Å². The van der Waals surface area contributed by atoms with E-state index in [1.165, 1.54) is 0 Å². The highest BCUT2D eigenvalue weighted by atomic mass is 16.5. The Kier molecular flexibility index (Phi) is 5.81. The summed E-state index contributed by atoms with van der Waals surface area (Å²) in [6, 6.07) is 0. The Morgan fingerprint density at radius 1 is 1.00 bits per heavy atom. The molecule has 4 nitrogen and oxygen atoms in total. The molecule has 4 heteroatoms. The van der Waals surface area contributed by atoms with Crippen molar-refractivity contribution in [3.05, 3.63) is 0 Å². The summed E-state index contributed by atoms with van der Waals surface area (Å²) in [5.41, 5.74) is 0.826. The summed E-state index contributed by atoms with van der Waals surface area (Å²) in [6.45, 7) is 0.442.